The zero-order chi connectivity index (χ0) is 13.1. The molecule has 104 valence electrons. The summed E-state index contributed by atoms with van der Waals surface area (Å²) in [6.45, 7) is 4.97. The average Bonchev–Trinajstić information content (AvgIpc) is 2.23. The Balaban J connectivity index is 3.32. The van der Waals surface area contributed by atoms with Gasteiger partial charge in [0.2, 0.25) is 0 Å². The highest BCUT2D eigenvalue weighted by Gasteiger charge is 2.05. The molecule has 0 radical (unpaired) electrons. The Hall–Kier alpha value is -0.130. The number of rotatable bonds is 11. The normalized spacial score (nSPS) is 13.8. The molecule has 0 spiro atoms. The Kier molecular flexibility index (Phi) is 9.78. The summed E-state index contributed by atoms with van der Waals surface area (Å²) < 4.78 is 29.5. The second-order valence-electron chi connectivity index (χ2n) is 4.70. The molecule has 0 heterocycles. The van der Waals surface area contributed by atoms with Gasteiger partial charge in [0.05, 0.1) is 5.75 Å². The smallest absolute Gasteiger partial charge is 0.264 e. The fourth-order valence-corrected chi connectivity index (χ4v) is 2.27. The van der Waals surface area contributed by atoms with Crippen molar-refractivity contribution in [2.75, 3.05) is 12.3 Å². The zero-order valence-corrected chi connectivity index (χ0v) is 11.9. The Morgan fingerprint density at radius 2 is 1.76 bits per heavy atom. The minimum atomic E-state index is -3.79. The molecule has 2 N–H and O–H groups in total. The van der Waals surface area contributed by atoms with Crippen LogP contribution in [0.15, 0.2) is 0 Å². The van der Waals surface area contributed by atoms with Crippen LogP contribution in [-0.4, -0.2) is 31.3 Å². The highest BCUT2D eigenvalue weighted by atomic mass is 32.2. The lowest BCUT2D eigenvalue weighted by Crippen LogP contribution is -2.28. The molecule has 0 aromatic heterocycles. The molecule has 0 aromatic carbocycles. The largest absolute Gasteiger partial charge is 0.314 e. The van der Waals surface area contributed by atoms with Crippen LogP contribution in [0.4, 0.5) is 0 Å². The molecular weight excluding hydrogens is 238 g/mol. The molecular formula is C12H27NO3S. The van der Waals surface area contributed by atoms with Crippen LogP contribution >= 0.6 is 0 Å². The van der Waals surface area contributed by atoms with Crippen LogP contribution in [0.5, 0.6) is 0 Å². The third kappa shape index (κ3) is 13.8. The third-order valence-electron chi connectivity index (χ3n) is 2.81. The van der Waals surface area contributed by atoms with E-state index < -0.39 is 10.1 Å². The van der Waals surface area contributed by atoms with Crippen molar-refractivity contribution in [2.24, 2.45) is 0 Å². The van der Waals surface area contributed by atoms with Gasteiger partial charge >= 0.3 is 0 Å². The third-order valence-corrected chi connectivity index (χ3v) is 3.62. The predicted octanol–water partition coefficient (Wildman–Crippen LogP) is 2.60. The van der Waals surface area contributed by atoms with Gasteiger partial charge in [-0.15, -0.1) is 0 Å². The van der Waals surface area contributed by atoms with Gasteiger partial charge in [-0.25, -0.2) is 0 Å². The van der Waals surface area contributed by atoms with Crippen LogP contribution in [0.25, 0.3) is 0 Å². The molecule has 0 unspecified atom stereocenters. The lowest BCUT2D eigenvalue weighted by molar-refractivity contribution is 0.465. The maximum atomic E-state index is 10.5. The van der Waals surface area contributed by atoms with Crippen LogP contribution in [-0.2, 0) is 10.1 Å². The summed E-state index contributed by atoms with van der Waals surface area (Å²) in [5, 5.41) is 3.27. The Morgan fingerprint density at radius 1 is 1.12 bits per heavy atom. The van der Waals surface area contributed by atoms with Gasteiger partial charge in [0, 0.05) is 6.04 Å². The van der Waals surface area contributed by atoms with E-state index in [1.165, 1.54) is 32.1 Å². The number of unbranched alkanes of at least 4 members (excludes halogenated alkanes) is 4. The van der Waals surface area contributed by atoms with Gasteiger partial charge in [-0.3, -0.25) is 4.55 Å². The lowest BCUT2D eigenvalue weighted by Gasteiger charge is -2.13. The van der Waals surface area contributed by atoms with Crippen LogP contribution in [0.3, 0.4) is 0 Å². The summed E-state index contributed by atoms with van der Waals surface area (Å²) in [6, 6.07) is 0.429. The van der Waals surface area contributed by atoms with Gasteiger partial charge in [0.15, 0.2) is 0 Å². The molecule has 0 saturated heterocycles. The fourth-order valence-electron chi connectivity index (χ4n) is 1.76. The predicted molar refractivity (Wildman–Crippen MR) is 71.9 cm³/mol. The molecule has 0 amide bonds. The maximum Gasteiger partial charge on any atom is 0.264 e. The fraction of sp³-hybridized carbons (Fsp3) is 1.00. The monoisotopic (exact) mass is 265 g/mol. The second kappa shape index (κ2) is 9.85. The molecule has 0 aliphatic carbocycles. The van der Waals surface area contributed by atoms with E-state index in [4.69, 9.17) is 4.55 Å². The molecule has 0 aliphatic rings. The van der Waals surface area contributed by atoms with Crippen LogP contribution in [0, 0.1) is 0 Å². The standard InChI is InChI=1S/C12H27NO3S/c1-3-4-5-6-7-9-12(2)13-10-8-11-17(14,15)16/h12-13H,3-11H2,1-2H3,(H,14,15,16)/t12-/m1/s1. The lowest BCUT2D eigenvalue weighted by atomic mass is 10.1. The van der Waals surface area contributed by atoms with Crippen molar-refractivity contribution in [1.29, 1.82) is 0 Å². The summed E-state index contributed by atoms with van der Waals surface area (Å²) in [7, 11) is -3.79. The first-order valence-electron chi connectivity index (χ1n) is 6.64. The van der Waals surface area contributed by atoms with Gasteiger partial charge in [0.25, 0.3) is 10.1 Å². The Morgan fingerprint density at radius 3 is 2.35 bits per heavy atom. The van der Waals surface area contributed by atoms with Crippen molar-refractivity contribution in [3.8, 4) is 0 Å². The minimum absolute atomic E-state index is 0.150. The van der Waals surface area contributed by atoms with Crippen molar-refractivity contribution in [3.63, 3.8) is 0 Å². The van der Waals surface area contributed by atoms with Crippen LogP contribution in [0.1, 0.15) is 58.8 Å². The van der Waals surface area contributed by atoms with Gasteiger partial charge in [-0.2, -0.15) is 8.42 Å². The van der Waals surface area contributed by atoms with Gasteiger partial charge in [0.1, 0.15) is 0 Å². The van der Waals surface area contributed by atoms with E-state index in [0.717, 1.165) is 6.42 Å². The molecule has 0 aliphatic heterocycles. The minimum Gasteiger partial charge on any atom is -0.314 e. The highest BCUT2D eigenvalue weighted by Crippen LogP contribution is 2.06. The van der Waals surface area contributed by atoms with E-state index in [0.29, 0.717) is 19.0 Å². The quantitative estimate of drug-likeness (QED) is 0.445. The van der Waals surface area contributed by atoms with E-state index in [1.54, 1.807) is 0 Å². The molecule has 5 heteroatoms. The highest BCUT2D eigenvalue weighted by molar-refractivity contribution is 7.85. The second-order valence-corrected chi connectivity index (χ2v) is 6.27. The molecule has 17 heavy (non-hydrogen) atoms. The van der Waals surface area contributed by atoms with Gasteiger partial charge < -0.3 is 5.32 Å². The summed E-state index contributed by atoms with van der Waals surface area (Å²) in [6.07, 6.45) is 8.01. The molecule has 0 fully saturated rings. The zero-order valence-electron chi connectivity index (χ0n) is 11.1. The van der Waals surface area contributed by atoms with Crippen molar-refractivity contribution in [2.45, 2.75) is 64.8 Å². The summed E-state index contributed by atoms with van der Waals surface area (Å²) >= 11 is 0. The van der Waals surface area contributed by atoms with Gasteiger partial charge in [-0.05, 0) is 26.3 Å². The van der Waals surface area contributed by atoms with E-state index in [-0.39, 0.29) is 5.75 Å². The molecule has 0 rings (SSSR count). The molecule has 0 aromatic rings. The first-order valence-corrected chi connectivity index (χ1v) is 8.25. The first kappa shape index (κ1) is 16.9. The number of hydrogen-bond donors (Lipinski definition) is 2. The molecule has 4 nitrogen and oxygen atoms in total. The van der Waals surface area contributed by atoms with Crippen molar-refractivity contribution < 1.29 is 13.0 Å². The first-order chi connectivity index (χ1) is 7.95. The Bertz CT molecular complexity index is 265. The van der Waals surface area contributed by atoms with Crippen LogP contribution < -0.4 is 5.32 Å². The van der Waals surface area contributed by atoms with Gasteiger partial charge in [-0.1, -0.05) is 39.0 Å². The van der Waals surface area contributed by atoms with Crippen molar-refractivity contribution >= 4 is 10.1 Å². The SMILES string of the molecule is CCCCCCC[C@@H](C)NCCCS(=O)(=O)O. The van der Waals surface area contributed by atoms with Crippen LogP contribution in [0.2, 0.25) is 0 Å². The van der Waals surface area contributed by atoms with E-state index >= 15 is 0 Å². The molecule has 1 atom stereocenters. The van der Waals surface area contributed by atoms with E-state index in [9.17, 15) is 8.42 Å². The van der Waals surface area contributed by atoms with E-state index in [2.05, 4.69) is 19.2 Å². The summed E-state index contributed by atoms with van der Waals surface area (Å²) in [4.78, 5) is 0. The van der Waals surface area contributed by atoms with E-state index in [1.807, 2.05) is 0 Å². The number of nitrogens with one attached hydrogen (secondary N) is 1. The summed E-state index contributed by atoms with van der Waals surface area (Å²) in [5.74, 6) is -0.150. The maximum absolute atomic E-state index is 10.5. The molecule has 0 saturated carbocycles. The topological polar surface area (TPSA) is 66.4 Å². The summed E-state index contributed by atoms with van der Waals surface area (Å²) in [5.41, 5.74) is 0. The number of hydrogen-bond acceptors (Lipinski definition) is 3. The van der Waals surface area contributed by atoms with Crippen molar-refractivity contribution in [1.82, 2.24) is 5.32 Å². The molecule has 0 bridgehead atoms. The van der Waals surface area contributed by atoms with Crippen molar-refractivity contribution in [3.05, 3.63) is 0 Å². The Labute approximate surface area is 106 Å². The average molecular weight is 265 g/mol.